The summed E-state index contributed by atoms with van der Waals surface area (Å²) in [6, 6.07) is 0. The summed E-state index contributed by atoms with van der Waals surface area (Å²) < 4.78 is 0. The maximum absolute atomic E-state index is 3.36. The predicted molar refractivity (Wildman–Crippen MR) is 89.4 cm³/mol. The predicted octanol–water partition coefficient (Wildman–Crippen LogP) is 7.54. The Labute approximate surface area is 118 Å². The molecule has 0 nitrogen and oxygen atoms in total. The Kier molecular flexibility index (Phi) is 38.2. The smallest absolute Gasteiger partial charge is 0.0473 e. The second-order valence-corrected chi connectivity index (χ2v) is 4.59. The molecule has 0 saturated heterocycles. The Balaban J connectivity index is -0.000000389. The van der Waals surface area contributed by atoms with Crippen LogP contribution in [0.3, 0.4) is 0 Å². The summed E-state index contributed by atoms with van der Waals surface area (Å²) in [6.07, 6.45) is 17.7. The van der Waals surface area contributed by atoms with Crippen LogP contribution in [0, 0.1) is 0 Å². The third kappa shape index (κ3) is 36.0. The highest BCUT2D eigenvalue weighted by atomic mass is 14.0. The van der Waals surface area contributed by atoms with E-state index in [1.165, 1.54) is 70.6 Å². The van der Waals surface area contributed by atoms with Gasteiger partial charge in [-0.15, -0.1) is 6.58 Å². The fourth-order valence-corrected chi connectivity index (χ4v) is 1.74. The van der Waals surface area contributed by atoms with Crippen LogP contribution in [0.25, 0.3) is 0 Å². The molecule has 0 N–H and O–H groups in total. The van der Waals surface area contributed by atoms with E-state index < -0.39 is 0 Å². The van der Waals surface area contributed by atoms with Crippen LogP contribution in [-0.2, 0) is 0 Å². The van der Waals surface area contributed by atoms with Crippen molar-refractivity contribution in [1.82, 2.24) is 0 Å². The zero-order chi connectivity index (χ0) is 14.5. The normalized spacial score (nSPS) is 8.72. The Bertz CT molecular complexity index is 94.6. The molecule has 0 rings (SSSR count). The highest BCUT2D eigenvalue weighted by Crippen LogP contribution is 2.10. The molecule has 0 saturated carbocycles. The molecule has 0 aliphatic carbocycles. The second kappa shape index (κ2) is 30.1. The van der Waals surface area contributed by atoms with Crippen molar-refractivity contribution < 1.29 is 0 Å². The Morgan fingerprint density at radius 2 is 0.778 bits per heavy atom. The largest absolute Gasteiger partial charge is 0.103 e. The van der Waals surface area contributed by atoms with Crippen molar-refractivity contribution in [2.75, 3.05) is 0 Å². The third-order valence-electron chi connectivity index (χ3n) is 2.71. The standard InChI is InChI=1S/C13H28.C3H6.C2H6/c1-3-5-7-9-11-13-12-10-8-6-4-2;1-3-2;1-2/h3-13H2,1-2H3;3H,1H2,2H3;1-2H3. The van der Waals surface area contributed by atoms with Gasteiger partial charge in [-0.2, -0.15) is 0 Å². The van der Waals surface area contributed by atoms with E-state index >= 15 is 0 Å². The van der Waals surface area contributed by atoms with Gasteiger partial charge in [-0.25, -0.2) is 0 Å². The van der Waals surface area contributed by atoms with E-state index in [4.69, 9.17) is 0 Å². The van der Waals surface area contributed by atoms with Gasteiger partial charge in [0.2, 0.25) is 0 Å². The third-order valence-corrected chi connectivity index (χ3v) is 2.71. The van der Waals surface area contributed by atoms with Gasteiger partial charge < -0.3 is 0 Å². The topological polar surface area (TPSA) is 0 Å². The number of rotatable bonds is 10. The van der Waals surface area contributed by atoms with Crippen LogP contribution in [0.4, 0.5) is 0 Å². The van der Waals surface area contributed by atoms with Gasteiger partial charge in [0.15, 0.2) is 0 Å². The number of hydrogen-bond acceptors (Lipinski definition) is 0. The van der Waals surface area contributed by atoms with Crippen LogP contribution in [0.1, 0.15) is 105 Å². The lowest BCUT2D eigenvalue weighted by Gasteiger charge is -2.00. The van der Waals surface area contributed by atoms with Crippen LogP contribution in [0.5, 0.6) is 0 Å². The summed E-state index contributed by atoms with van der Waals surface area (Å²) in [7, 11) is 0. The van der Waals surface area contributed by atoms with Gasteiger partial charge in [0.05, 0.1) is 0 Å². The minimum Gasteiger partial charge on any atom is -0.103 e. The molecule has 0 amide bonds. The van der Waals surface area contributed by atoms with E-state index in [0.717, 1.165) is 0 Å². The zero-order valence-electron chi connectivity index (χ0n) is 14.1. The van der Waals surface area contributed by atoms with E-state index in [1.54, 1.807) is 6.08 Å². The first-order valence-electron chi connectivity index (χ1n) is 8.40. The average molecular weight is 257 g/mol. The van der Waals surface area contributed by atoms with E-state index in [1.807, 2.05) is 20.8 Å². The lowest BCUT2D eigenvalue weighted by Crippen LogP contribution is -1.80. The molecule has 0 spiro atoms. The highest BCUT2D eigenvalue weighted by Gasteiger charge is 1.90. The molecule has 0 aromatic carbocycles. The second-order valence-electron chi connectivity index (χ2n) is 4.59. The lowest BCUT2D eigenvalue weighted by molar-refractivity contribution is 0.554. The molecule has 0 bridgehead atoms. The van der Waals surface area contributed by atoms with Gasteiger partial charge >= 0.3 is 0 Å². The van der Waals surface area contributed by atoms with Gasteiger partial charge in [0, 0.05) is 0 Å². The molecule has 18 heavy (non-hydrogen) atoms. The summed E-state index contributed by atoms with van der Waals surface area (Å²) in [5.74, 6) is 0. The Morgan fingerprint density at radius 3 is 0.944 bits per heavy atom. The minimum atomic E-state index is 1.37. The molecule has 112 valence electrons. The lowest BCUT2D eigenvalue weighted by atomic mass is 10.1. The summed E-state index contributed by atoms with van der Waals surface area (Å²) in [5.41, 5.74) is 0. The van der Waals surface area contributed by atoms with Crippen molar-refractivity contribution in [3.05, 3.63) is 12.7 Å². The first-order valence-corrected chi connectivity index (χ1v) is 8.40. The maximum atomic E-state index is 3.36. The molecule has 0 radical (unpaired) electrons. The van der Waals surface area contributed by atoms with Crippen LogP contribution in [0.15, 0.2) is 12.7 Å². The van der Waals surface area contributed by atoms with Crippen molar-refractivity contribution >= 4 is 0 Å². The minimum absolute atomic E-state index is 1.37. The van der Waals surface area contributed by atoms with Gasteiger partial charge in [-0.1, -0.05) is 104 Å². The van der Waals surface area contributed by atoms with Gasteiger partial charge in [0.25, 0.3) is 0 Å². The quantitative estimate of drug-likeness (QED) is 0.280. The number of allylic oxidation sites excluding steroid dienone is 1. The SMILES string of the molecule is C=CC.CC.CCCCCCCCCCCCC. The summed E-state index contributed by atoms with van der Waals surface area (Å²) >= 11 is 0. The van der Waals surface area contributed by atoms with Crippen LogP contribution < -0.4 is 0 Å². The average Bonchev–Trinajstić information content (AvgIpc) is 2.40. The van der Waals surface area contributed by atoms with Gasteiger partial charge in [0.1, 0.15) is 0 Å². The van der Waals surface area contributed by atoms with Crippen molar-refractivity contribution in [2.24, 2.45) is 0 Å². The molecular formula is C18H40. The van der Waals surface area contributed by atoms with E-state index in [2.05, 4.69) is 20.4 Å². The molecular weight excluding hydrogens is 216 g/mol. The van der Waals surface area contributed by atoms with E-state index in [9.17, 15) is 0 Å². The van der Waals surface area contributed by atoms with Crippen LogP contribution in [0.2, 0.25) is 0 Å². The molecule has 0 heteroatoms. The highest BCUT2D eigenvalue weighted by molar-refractivity contribution is 4.51. The molecule has 0 atom stereocenters. The molecule has 0 aromatic heterocycles. The monoisotopic (exact) mass is 256 g/mol. The van der Waals surface area contributed by atoms with Crippen LogP contribution in [-0.4, -0.2) is 0 Å². The maximum Gasteiger partial charge on any atom is -0.0473 e. The van der Waals surface area contributed by atoms with Gasteiger partial charge in [-0.05, 0) is 6.92 Å². The first-order chi connectivity index (χ1) is 8.83. The first kappa shape index (κ1) is 22.9. The summed E-state index contributed by atoms with van der Waals surface area (Å²) in [5, 5.41) is 0. The molecule has 0 aliphatic rings. The number of hydrogen-bond donors (Lipinski definition) is 0. The molecule has 0 aromatic rings. The fraction of sp³-hybridized carbons (Fsp3) is 0.889. The summed E-state index contributed by atoms with van der Waals surface area (Å²) in [6.45, 7) is 13.8. The molecule has 0 unspecified atom stereocenters. The van der Waals surface area contributed by atoms with Gasteiger partial charge in [-0.3, -0.25) is 0 Å². The van der Waals surface area contributed by atoms with E-state index in [0.29, 0.717) is 0 Å². The Morgan fingerprint density at radius 1 is 0.611 bits per heavy atom. The summed E-state index contributed by atoms with van der Waals surface area (Å²) in [4.78, 5) is 0. The van der Waals surface area contributed by atoms with Crippen molar-refractivity contribution in [2.45, 2.75) is 105 Å². The zero-order valence-corrected chi connectivity index (χ0v) is 14.1. The molecule has 0 heterocycles. The molecule has 0 aliphatic heterocycles. The Hall–Kier alpha value is -0.260. The van der Waals surface area contributed by atoms with Crippen molar-refractivity contribution in [3.63, 3.8) is 0 Å². The fourth-order valence-electron chi connectivity index (χ4n) is 1.74. The van der Waals surface area contributed by atoms with E-state index in [-0.39, 0.29) is 0 Å². The number of unbranched alkanes of at least 4 members (excludes halogenated alkanes) is 10. The van der Waals surface area contributed by atoms with Crippen LogP contribution >= 0.6 is 0 Å². The van der Waals surface area contributed by atoms with Crippen molar-refractivity contribution in [3.8, 4) is 0 Å². The molecule has 0 fully saturated rings. The van der Waals surface area contributed by atoms with Crippen molar-refractivity contribution in [1.29, 1.82) is 0 Å².